The summed E-state index contributed by atoms with van der Waals surface area (Å²) >= 11 is 6.03. The zero-order valence-corrected chi connectivity index (χ0v) is 15.7. The molecule has 136 valence electrons. The van der Waals surface area contributed by atoms with E-state index in [1.165, 1.54) is 6.07 Å². The third kappa shape index (κ3) is 6.31. The van der Waals surface area contributed by atoms with Crippen molar-refractivity contribution in [3.8, 4) is 5.75 Å². The molecule has 0 aliphatic rings. The Balaban J connectivity index is 1.84. The monoisotopic (exact) mass is 364 g/mol. The Morgan fingerprint density at radius 2 is 1.88 bits per heavy atom. The Morgan fingerprint density at radius 3 is 2.60 bits per heavy atom. The number of likely N-dealkylation sites (N-methyl/N-ethyl adjacent to an activating group) is 1. The van der Waals surface area contributed by atoms with Gasteiger partial charge in [0.05, 0.1) is 5.02 Å². The van der Waals surface area contributed by atoms with Gasteiger partial charge in [0, 0.05) is 25.2 Å². The van der Waals surface area contributed by atoms with E-state index in [0.717, 1.165) is 38.3 Å². The maximum atomic E-state index is 13.8. The van der Waals surface area contributed by atoms with E-state index < -0.39 is 0 Å². The molecule has 0 aliphatic heterocycles. The van der Waals surface area contributed by atoms with Crippen molar-refractivity contribution < 1.29 is 9.13 Å². The highest BCUT2D eigenvalue weighted by Gasteiger charge is 2.08. The molecule has 2 rings (SSSR count). The number of nitrogens with one attached hydrogen (secondary N) is 1. The smallest absolute Gasteiger partial charge is 0.131 e. The van der Waals surface area contributed by atoms with E-state index in [9.17, 15) is 4.39 Å². The van der Waals surface area contributed by atoms with E-state index in [2.05, 4.69) is 24.1 Å². The number of hydrogen-bond acceptors (Lipinski definition) is 3. The molecule has 1 N–H and O–H groups in total. The molecule has 0 aromatic heterocycles. The lowest BCUT2D eigenvalue weighted by molar-refractivity contribution is 0.298. The van der Waals surface area contributed by atoms with Gasteiger partial charge in [-0.25, -0.2) is 4.39 Å². The molecule has 0 spiro atoms. The lowest BCUT2D eigenvalue weighted by Gasteiger charge is -2.18. The van der Waals surface area contributed by atoms with E-state index in [0.29, 0.717) is 16.3 Å². The fraction of sp³-hybridized carbons (Fsp3) is 0.400. The van der Waals surface area contributed by atoms with Crippen molar-refractivity contribution >= 4 is 11.6 Å². The number of benzene rings is 2. The Hall–Kier alpha value is -1.62. The molecule has 5 heteroatoms. The van der Waals surface area contributed by atoms with Crippen molar-refractivity contribution in [1.82, 2.24) is 10.2 Å². The molecule has 0 bridgehead atoms. The van der Waals surface area contributed by atoms with Gasteiger partial charge in [-0.2, -0.15) is 0 Å². The van der Waals surface area contributed by atoms with Crippen LogP contribution in [0.2, 0.25) is 5.02 Å². The number of nitrogens with zero attached hydrogens (tertiary/aromatic N) is 1. The van der Waals surface area contributed by atoms with Crippen LogP contribution < -0.4 is 10.1 Å². The Kier molecular flexibility index (Phi) is 8.19. The molecule has 2 aromatic carbocycles. The first kappa shape index (κ1) is 19.7. The summed E-state index contributed by atoms with van der Waals surface area (Å²) in [6.07, 6.45) is 0. The van der Waals surface area contributed by atoms with Crippen LogP contribution in [0.1, 0.15) is 25.0 Å². The third-order valence-corrected chi connectivity index (χ3v) is 4.53. The minimum absolute atomic E-state index is 0.115. The number of ether oxygens (including phenoxy) is 1. The molecule has 0 saturated heterocycles. The first-order valence-corrected chi connectivity index (χ1v) is 9.09. The normalized spacial score (nSPS) is 11.1. The third-order valence-electron chi connectivity index (χ3n) is 4.17. The van der Waals surface area contributed by atoms with Crippen LogP contribution in [0.5, 0.6) is 5.75 Å². The maximum Gasteiger partial charge on any atom is 0.131 e. The lowest BCUT2D eigenvalue weighted by atomic mass is 10.2. The predicted molar refractivity (Wildman–Crippen MR) is 102 cm³/mol. The average molecular weight is 365 g/mol. The molecule has 0 aliphatic carbocycles. The maximum absolute atomic E-state index is 13.8. The number of rotatable bonds is 10. The molecular formula is C20H26ClFN2O. The van der Waals surface area contributed by atoms with Crippen molar-refractivity contribution in [2.45, 2.75) is 27.0 Å². The van der Waals surface area contributed by atoms with E-state index in [4.69, 9.17) is 16.3 Å². The minimum Gasteiger partial charge on any atom is -0.489 e. The van der Waals surface area contributed by atoms with Gasteiger partial charge in [0.25, 0.3) is 0 Å². The van der Waals surface area contributed by atoms with Gasteiger partial charge in [0.15, 0.2) is 0 Å². The van der Waals surface area contributed by atoms with Gasteiger partial charge < -0.3 is 15.0 Å². The summed E-state index contributed by atoms with van der Waals surface area (Å²) in [5.74, 6) is 0.365. The van der Waals surface area contributed by atoms with Crippen LogP contribution in [0.4, 0.5) is 4.39 Å². The van der Waals surface area contributed by atoms with E-state index in [-0.39, 0.29) is 12.4 Å². The van der Waals surface area contributed by atoms with Crippen LogP contribution >= 0.6 is 11.6 Å². The lowest BCUT2D eigenvalue weighted by Crippen LogP contribution is -2.31. The van der Waals surface area contributed by atoms with Gasteiger partial charge >= 0.3 is 0 Å². The van der Waals surface area contributed by atoms with Gasteiger partial charge in [-0.05, 0) is 42.9 Å². The van der Waals surface area contributed by atoms with Crippen LogP contribution in [0.25, 0.3) is 0 Å². The molecule has 3 nitrogen and oxygen atoms in total. The molecule has 0 radical (unpaired) electrons. The summed E-state index contributed by atoms with van der Waals surface area (Å²) in [5.41, 5.74) is 1.52. The topological polar surface area (TPSA) is 24.5 Å². The zero-order valence-electron chi connectivity index (χ0n) is 14.9. The van der Waals surface area contributed by atoms with Gasteiger partial charge in [-0.1, -0.05) is 43.6 Å². The summed E-state index contributed by atoms with van der Waals surface area (Å²) in [7, 11) is 0. The molecule has 0 saturated carbocycles. The van der Waals surface area contributed by atoms with Gasteiger partial charge in [-0.15, -0.1) is 0 Å². The summed E-state index contributed by atoms with van der Waals surface area (Å²) in [6.45, 7) is 9.36. The molecule has 0 amide bonds. The van der Waals surface area contributed by atoms with E-state index in [1.807, 2.05) is 24.3 Å². The molecule has 0 fully saturated rings. The quantitative estimate of drug-likeness (QED) is 0.629. The highest BCUT2D eigenvalue weighted by Crippen LogP contribution is 2.22. The SMILES string of the molecule is CCN(CC)CCNCc1cccc(OCc2c(F)cccc2Cl)c1. The summed E-state index contributed by atoms with van der Waals surface area (Å²) in [4.78, 5) is 2.38. The first-order valence-electron chi connectivity index (χ1n) is 8.71. The van der Waals surface area contributed by atoms with Crippen LogP contribution in [-0.4, -0.2) is 31.1 Å². The number of hydrogen-bond donors (Lipinski definition) is 1. The largest absolute Gasteiger partial charge is 0.489 e. The molecule has 25 heavy (non-hydrogen) atoms. The van der Waals surface area contributed by atoms with Gasteiger partial charge in [0.2, 0.25) is 0 Å². The summed E-state index contributed by atoms with van der Waals surface area (Å²) < 4.78 is 19.5. The minimum atomic E-state index is -0.346. The highest BCUT2D eigenvalue weighted by molar-refractivity contribution is 6.31. The van der Waals surface area contributed by atoms with Crippen molar-refractivity contribution in [3.63, 3.8) is 0 Å². The average Bonchev–Trinajstić information content (AvgIpc) is 2.62. The molecule has 2 aromatic rings. The second-order valence-electron chi connectivity index (χ2n) is 5.84. The fourth-order valence-corrected chi connectivity index (χ4v) is 2.80. The fourth-order valence-electron chi connectivity index (χ4n) is 2.58. The van der Waals surface area contributed by atoms with Crippen molar-refractivity contribution in [2.24, 2.45) is 0 Å². The van der Waals surface area contributed by atoms with E-state index in [1.54, 1.807) is 12.1 Å². The number of halogens is 2. The van der Waals surface area contributed by atoms with Crippen LogP contribution in [0, 0.1) is 5.82 Å². The van der Waals surface area contributed by atoms with Gasteiger partial charge in [-0.3, -0.25) is 0 Å². The Labute approximate surface area is 154 Å². The first-order chi connectivity index (χ1) is 12.1. The van der Waals surface area contributed by atoms with Crippen LogP contribution in [0.15, 0.2) is 42.5 Å². The standard InChI is InChI=1S/C20H26ClFN2O/c1-3-24(4-2)12-11-23-14-16-7-5-8-17(13-16)25-15-18-19(21)9-6-10-20(18)22/h5-10,13,23H,3-4,11-12,14-15H2,1-2H3. The van der Waals surface area contributed by atoms with Gasteiger partial charge in [0.1, 0.15) is 18.2 Å². The molecule has 0 heterocycles. The predicted octanol–water partition coefficient (Wildman–Crippen LogP) is 4.49. The molecular weight excluding hydrogens is 339 g/mol. The van der Waals surface area contributed by atoms with Crippen molar-refractivity contribution in [3.05, 3.63) is 64.4 Å². The molecule has 0 atom stereocenters. The summed E-state index contributed by atoms with van der Waals surface area (Å²) in [5, 5.41) is 3.83. The Morgan fingerprint density at radius 1 is 1.12 bits per heavy atom. The van der Waals surface area contributed by atoms with Crippen molar-refractivity contribution in [1.29, 1.82) is 0 Å². The summed E-state index contributed by atoms with van der Waals surface area (Å²) in [6, 6.07) is 12.5. The second kappa shape index (κ2) is 10.4. The highest BCUT2D eigenvalue weighted by atomic mass is 35.5. The zero-order chi connectivity index (χ0) is 18.1. The van der Waals surface area contributed by atoms with Crippen molar-refractivity contribution in [2.75, 3.05) is 26.2 Å². The second-order valence-corrected chi connectivity index (χ2v) is 6.25. The molecule has 0 unspecified atom stereocenters. The van der Waals surface area contributed by atoms with Crippen LogP contribution in [0.3, 0.4) is 0 Å². The van der Waals surface area contributed by atoms with E-state index >= 15 is 0 Å². The Bertz CT molecular complexity index is 642. The van der Waals surface area contributed by atoms with Crippen LogP contribution in [-0.2, 0) is 13.2 Å².